The van der Waals surface area contributed by atoms with E-state index in [1.807, 2.05) is 0 Å². The van der Waals surface area contributed by atoms with Crippen LogP contribution >= 0.6 is 0 Å². The first kappa shape index (κ1) is 11.8. The van der Waals surface area contributed by atoms with Crippen LogP contribution in [0.3, 0.4) is 0 Å². The Balaban J connectivity index is 2.09. The number of aryl methyl sites for hydroxylation is 1. The Labute approximate surface area is 109 Å². The average molecular weight is 242 g/mol. The maximum Gasteiger partial charge on any atom is 0.0485 e. The van der Waals surface area contributed by atoms with Crippen molar-refractivity contribution in [2.75, 3.05) is 6.54 Å². The maximum absolute atomic E-state index is 5.98. The molecular formula is C16H22N2. The fraction of sp³-hybridized carbons (Fsp3) is 0.500. The fourth-order valence-electron chi connectivity index (χ4n) is 3.56. The van der Waals surface area contributed by atoms with Gasteiger partial charge in [0.1, 0.15) is 0 Å². The minimum absolute atomic E-state index is 0.601. The minimum atomic E-state index is 0.601. The van der Waals surface area contributed by atoms with Crippen molar-refractivity contribution in [3.8, 4) is 0 Å². The Morgan fingerprint density at radius 3 is 2.83 bits per heavy atom. The van der Waals surface area contributed by atoms with Gasteiger partial charge in [0, 0.05) is 17.3 Å². The van der Waals surface area contributed by atoms with Crippen molar-refractivity contribution >= 4 is 10.9 Å². The zero-order chi connectivity index (χ0) is 12.5. The van der Waals surface area contributed by atoms with E-state index in [0.29, 0.717) is 12.0 Å². The molecular weight excluding hydrogens is 220 g/mol. The number of nitrogens with zero attached hydrogens (tertiary/aromatic N) is 1. The van der Waals surface area contributed by atoms with Crippen molar-refractivity contribution in [2.24, 2.45) is 11.7 Å². The van der Waals surface area contributed by atoms with Crippen LogP contribution in [0.25, 0.3) is 10.9 Å². The quantitative estimate of drug-likeness (QED) is 0.856. The number of hydrogen-bond acceptors (Lipinski definition) is 1. The van der Waals surface area contributed by atoms with E-state index in [1.54, 1.807) is 0 Å². The van der Waals surface area contributed by atoms with Gasteiger partial charge in [-0.1, -0.05) is 31.0 Å². The number of hydrogen-bond donors (Lipinski definition) is 1. The van der Waals surface area contributed by atoms with Gasteiger partial charge in [-0.3, -0.25) is 0 Å². The summed E-state index contributed by atoms with van der Waals surface area (Å²) in [6.45, 7) is 3.04. The predicted octanol–water partition coefficient (Wildman–Crippen LogP) is 3.64. The zero-order valence-corrected chi connectivity index (χ0v) is 11.1. The van der Waals surface area contributed by atoms with E-state index in [-0.39, 0.29) is 0 Å². The van der Waals surface area contributed by atoms with E-state index in [2.05, 4.69) is 41.8 Å². The number of aromatic nitrogens is 1. The SMILES string of the molecule is Cc1cc2ccccc2n1C1CCCCC1CN. The molecule has 2 aromatic rings. The van der Waals surface area contributed by atoms with Crippen LogP contribution in [0, 0.1) is 12.8 Å². The average Bonchev–Trinajstić information content (AvgIpc) is 2.74. The van der Waals surface area contributed by atoms with Gasteiger partial charge in [-0.05, 0) is 49.7 Å². The van der Waals surface area contributed by atoms with Crippen LogP contribution in [0.4, 0.5) is 0 Å². The summed E-state index contributed by atoms with van der Waals surface area (Å²) < 4.78 is 2.53. The van der Waals surface area contributed by atoms with Crippen molar-refractivity contribution in [3.05, 3.63) is 36.0 Å². The van der Waals surface area contributed by atoms with Crippen molar-refractivity contribution in [1.82, 2.24) is 4.57 Å². The Morgan fingerprint density at radius 1 is 1.22 bits per heavy atom. The summed E-state index contributed by atoms with van der Waals surface area (Å²) in [5, 5.41) is 1.36. The molecule has 2 nitrogen and oxygen atoms in total. The summed E-state index contributed by atoms with van der Waals surface area (Å²) >= 11 is 0. The molecule has 18 heavy (non-hydrogen) atoms. The second-order valence-electron chi connectivity index (χ2n) is 5.56. The Morgan fingerprint density at radius 2 is 2.00 bits per heavy atom. The molecule has 1 aromatic carbocycles. The highest BCUT2D eigenvalue weighted by atomic mass is 15.0. The van der Waals surface area contributed by atoms with E-state index in [0.717, 1.165) is 6.54 Å². The van der Waals surface area contributed by atoms with E-state index >= 15 is 0 Å². The lowest BCUT2D eigenvalue weighted by Crippen LogP contribution is -2.29. The summed E-state index contributed by atoms with van der Waals surface area (Å²) in [5.41, 5.74) is 8.73. The molecule has 2 heteroatoms. The molecule has 2 N–H and O–H groups in total. The van der Waals surface area contributed by atoms with Gasteiger partial charge in [-0.25, -0.2) is 0 Å². The van der Waals surface area contributed by atoms with Crippen molar-refractivity contribution in [1.29, 1.82) is 0 Å². The van der Waals surface area contributed by atoms with E-state index in [9.17, 15) is 0 Å². The smallest absolute Gasteiger partial charge is 0.0485 e. The molecule has 1 fully saturated rings. The predicted molar refractivity (Wildman–Crippen MR) is 76.7 cm³/mol. The lowest BCUT2D eigenvalue weighted by Gasteiger charge is -2.33. The van der Waals surface area contributed by atoms with Crippen LogP contribution < -0.4 is 5.73 Å². The topological polar surface area (TPSA) is 30.9 Å². The molecule has 0 saturated heterocycles. The highest BCUT2D eigenvalue weighted by Gasteiger charge is 2.27. The molecule has 96 valence electrons. The molecule has 1 aromatic heterocycles. The zero-order valence-electron chi connectivity index (χ0n) is 11.1. The second-order valence-corrected chi connectivity index (χ2v) is 5.56. The van der Waals surface area contributed by atoms with E-state index in [1.165, 1.54) is 42.3 Å². The number of benzene rings is 1. The number of para-hydroxylation sites is 1. The van der Waals surface area contributed by atoms with Gasteiger partial charge in [0.2, 0.25) is 0 Å². The maximum atomic E-state index is 5.98. The normalized spacial score (nSPS) is 24.6. The molecule has 1 aliphatic carbocycles. The third-order valence-electron chi connectivity index (χ3n) is 4.44. The Kier molecular flexibility index (Phi) is 3.13. The van der Waals surface area contributed by atoms with Gasteiger partial charge in [0.15, 0.2) is 0 Å². The monoisotopic (exact) mass is 242 g/mol. The number of rotatable bonds is 2. The van der Waals surface area contributed by atoms with Crippen molar-refractivity contribution in [2.45, 2.75) is 38.6 Å². The lowest BCUT2D eigenvalue weighted by molar-refractivity contribution is 0.248. The van der Waals surface area contributed by atoms with Gasteiger partial charge in [-0.2, -0.15) is 0 Å². The molecule has 3 rings (SSSR count). The summed E-state index contributed by atoms with van der Waals surface area (Å²) in [7, 11) is 0. The molecule has 2 atom stereocenters. The lowest BCUT2D eigenvalue weighted by atomic mass is 9.84. The second kappa shape index (κ2) is 4.77. The molecule has 0 aliphatic heterocycles. The first-order valence-corrected chi connectivity index (χ1v) is 7.08. The van der Waals surface area contributed by atoms with Crippen molar-refractivity contribution in [3.63, 3.8) is 0 Å². The van der Waals surface area contributed by atoms with Crippen molar-refractivity contribution < 1.29 is 0 Å². The summed E-state index contributed by atoms with van der Waals surface area (Å²) in [6.07, 6.45) is 5.25. The van der Waals surface area contributed by atoms with Crippen LogP contribution in [0.2, 0.25) is 0 Å². The summed E-state index contributed by atoms with van der Waals surface area (Å²) in [6, 6.07) is 11.6. The highest BCUT2D eigenvalue weighted by Crippen LogP contribution is 2.37. The number of fused-ring (bicyclic) bond motifs is 1. The molecule has 1 aliphatic rings. The molecule has 2 unspecified atom stereocenters. The van der Waals surface area contributed by atoms with Crippen LogP contribution in [-0.2, 0) is 0 Å². The molecule has 0 bridgehead atoms. The molecule has 1 heterocycles. The van der Waals surface area contributed by atoms with Crippen LogP contribution in [0.5, 0.6) is 0 Å². The molecule has 0 radical (unpaired) electrons. The Bertz CT molecular complexity index is 541. The minimum Gasteiger partial charge on any atom is -0.341 e. The summed E-state index contributed by atoms with van der Waals surface area (Å²) in [4.78, 5) is 0. The third kappa shape index (κ3) is 1.85. The van der Waals surface area contributed by atoms with Gasteiger partial charge in [0.25, 0.3) is 0 Å². The van der Waals surface area contributed by atoms with Gasteiger partial charge in [0.05, 0.1) is 0 Å². The van der Waals surface area contributed by atoms with Crippen LogP contribution in [0.1, 0.15) is 37.4 Å². The van der Waals surface area contributed by atoms with E-state index in [4.69, 9.17) is 5.73 Å². The first-order valence-electron chi connectivity index (χ1n) is 7.08. The van der Waals surface area contributed by atoms with Crippen LogP contribution in [0.15, 0.2) is 30.3 Å². The van der Waals surface area contributed by atoms with E-state index < -0.39 is 0 Å². The van der Waals surface area contributed by atoms with Gasteiger partial charge >= 0.3 is 0 Å². The van der Waals surface area contributed by atoms with Gasteiger partial charge in [-0.15, -0.1) is 0 Å². The largest absolute Gasteiger partial charge is 0.341 e. The Hall–Kier alpha value is -1.28. The fourth-order valence-corrected chi connectivity index (χ4v) is 3.56. The third-order valence-corrected chi connectivity index (χ3v) is 4.44. The number of nitrogens with two attached hydrogens (primary N) is 1. The molecule has 1 saturated carbocycles. The first-order chi connectivity index (χ1) is 8.81. The van der Waals surface area contributed by atoms with Crippen LogP contribution in [-0.4, -0.2) is 11.1 Å². The standard InChI is InChI=1S/C16H22N2/c1-12-10-13-6-2-4-8-15(13)18(12)16-9-5-3-7-14(16)11-17/h2,4,6,8,10,14,16H,3,5,7,9,11,17H2,1H3. The highest BCUT2D eigenvalue weighted by molar-refractivity contribution is 5.81. The van der Waals surface area contributed by atoms with Gasteiger partial charge < -0.3 is 10.3 Å². The summed E-state index contributed by atoms with van der Waals surface area (Å²) in [5.74, 6) is 0.647. The molecule has 0 spiro atoms. The molecule has 0 amide bonds.